The maximum Gasteiger partial charge on any atom is 0.390 e. The Bertz CT molecular complexity index is 1030. The average Bonchev–Trinajstić information content (AvgIpc) is 2.97. The van der Waals surface area contributed by atoms with Crippen molar-refractivity contribution in [2.24, 2.45) is 0 Å². The molecular weight excluding hydrogens is 390 g/mol. The van der Waals surface area contributed by atoms with E-state index in [1.165, 1.54) is 6.20 Å². The summed E-state index contributed by atoms with van der Waals surface area (Å²) in [5.41, 5.74) is 0.158. The lowest BCUT2D eigenvalue weighted by Gasteiger charge is -2.10. The number of anilines is 2. The van der Waals surface area contributed by atoms with Gasteiger partial charge in [0.1, 0.15) is 0 Å². The van der Waals surface area contributed by atoms with Crippen LogP contribution in [0.2, 0.25) is 0 Å². The number of alkyl halides is 3. The lowest BCUT2D eigenvalue weighted by molar-refractivity contribution is -0.131. The standard InChI is InChI=1S/C17H12F6N4O/c18-10-4-9-13(5-11(10)19)25-7-14(9)27-16(28)8-3-12(20)15(26-6-8)24-2-1-17(21,22)23/h3-7,25H,1-2H2,(H,24,26)(H,27,28). The molecule has 148 valence electrons. The lowest BCUT2D eigenvalue weighted by Crippen LogP contribution is -2.17. The van der Waals surface area contributed by atoms with Crippen molar-refractivity contribution < 1.29 is 31.1 Å². The van der Waals surface area contributed by atoms with E-state index in [0.717, 1.165) is 24.4 Å². The molecule has 28 heavy (non-hydrogen) atoms. The zero-order valence-corrected chi connectivity index (χ0v) is 13.9. The van der Waals surface area contributed by atoms with Gasteiger partial charge in [-0.15, -0.1) is 0 Å². The Morgan fingerprint density at radius 3 is 2.46 bits per heavy atom. The van der Waals surface area contributed by atoms with Crippen molar-refractivity contribution in [2.45, 2.75) is 12.6 Å². The number of aromatic nitrogens is 2. The van der Waals surface area contributed by atoms with Crippen molar-refractivity contribution in [2.75, 3.05) is 17.2 Å². The monoisotopic (exact) mass is 402 g/mol. The summed E-state index contributed by atoms with van der Waals surface area (Å²) in [5.74, 6) is -4.40. The molecule has 0 aliphatic rings. The highest BCUT2D eigenvalue weighted by Crippen LogP contribution is 2.26. The summed E-state index contributed by atoms with van der Waals surface area (Å²) in [7, 11) is 0. The predicted octanol–water partition coefficient (Wildman–Crippen LogP) is 4.60. The molecule has 0 bridgehead atoms. The lowest BCUT2D eigenvalue weighted by atomic mass is 10.2. The molecule has 0 radical (unpaired) electrons. The van der Waals surface area contributed by atoms with Crippen molar-refractivity contribution in [3.05, 3.63) is 53.6 Å². The molecule has 11 heteroatoms. The fourth-order valence-electron chi connectivity index (χ4n) is 2.43. The van der Waals surface area contributed by atoms with Crippen LogP contribution in [0.4, 0.5) is 37.8 Å². The highest BCUT2D eigenvalue weighted by molar-refractivity contribution is 6.08. The fourth-order valence-corrected chi connectivity index (χ4v) is 2.43. The number of hydrogen-bond acceptors (Lipinski definition) is 3. The van der Waals surface area contributed by atoms with Gasteiger partial charge >= 0.3 is 6.18 Å². The van der Waals surface area contributed by atoms with Crippen LogP contribution in [-0.4, -0.2) is 28.6 Å². The van der Waals surface area contributed by atoms with Crippen molar-refractivity contribution in [3.8, 4) is 0 Å². The molecule has 1 aromatic carbocycles. The van der Waals surface area contributed by atoms with E-state index >= 15 is 0 Å². The molecule has 5 nitrogen and oxygen atoms in total. The highest BCUT2D eigenvalue weighted by Gasteiger charge is 2.26. The average molecular weight is 402 g/mol. The number of fused-ring (bicyclic) bond motifs is 1. The third-order valence-electron chi connectivity index (χ3n) is 3.78. The van der Waals surface area contributed by atoms with Crippen LogP contribution >= 0.6 is 0 Å². The SMILES string of the molecule is O=C(Nc1c[nH]c2cc(F)c(F)cc12)c1cnc(NCCC(F)(F)F)c(F)c1. The number of carbonyl (C=O) groups excluding carboxylic acids is 1. The summed E-state index contributed by atoms with van der Waals surface area (Å²) in [6.45, 7) is -0.573. The maximum absolute atomic E-state index is 14.0. The second-order valence-electron chi connectivity index (χ2n) is 5.81. The molecule has 2 heterocycles. The smallest absolute Gasteiger partial charge is 0.367 e. The van der Waals surface area contributed by atoms with Crippen LogP contribution in [0.5, 0.6) is 0 Å². The summed E-state index contributed by atoms with van der Waals surface area (Å²) in [4.78, 5) is 18.5. The number of halogens is 6. The molecule has 0 saturated heterocycles. The largest absolute Gasteiger partial charge is 0.390 e. The van der Waals surface area contributed by atoms with E-state index in [0.29, 0.717) is 0 Å². The molecule has 0 aliphatic carbocycles. The Morgan fingerprint density at radius 1 is 1.07 bits per heavy atom. The molecular formula is C17H12F6N4O. The number of H-pyrrole nitrogens is 1. The Morgan fingerprint density at radius 2 is 1.79 bits per heavy atom. The number of carbonyl (C=O) groups is 1. The van der Waals surface area contributed by atoms with Crippen molar-refractivity contribution in [3.63, 3.8) is 0 Å². The molecule has 1 amide bonds. The summed E-state index contributed by atoms with van der Waals surface area (Å²) >= 11 is 0. The van der Waals surface area contributed by atoms with Gasteiger partial charge < -0.3 is 15.6 Å². The molecule has 3 N–H and O–H groups in total. The van der Waals surface area contributed by atoms with Crippen LogP contribution < -0.4 is 10.6 Å². The van der Waals surface area contributed by atoms with E-state index in [1.54, 1.807) is 0 Å². The number of aromatic amines is 1. The van der Waals surface area contributed by atoms with Crippen LogP contribution in [0.1, 0.15) is 16.8 Å². The Hall–Kier alpha value is -3.24. The minimum Gasteiger partial charge on any atom is -0.367 e. The van der Waals surface area contributed by atoms with Crippen LogP contribution in [0.25, 0.3) is 10.9 Å². The molecule has 0 unspecified atom stereocenters. The van der Waals surface area contributed by atoms with E-state index in [4.69, 9.17) is 0 Å². The fraction of sp³-hybridized carbons (Fsp3) is 0.176. The maximum atomic E-state index is 14.0. The molecule has 0 saturated carbocycles. The zero-order chi connectivity index (χ0) is 20.5. The van der Waals surface area contributed by atoms with E-state index < -0.39 is 48.3 Å². The number of pyridine rings is 1. The Labute approximate surface area is 153 Å². The van der Waals surface area contributed by atoms with E-state index in [9.17, 15) is 31.1 Å². The van der Waals surface area contributed by atoms with Crippen molar-refractivity contribution in [1.29, 1.82) is 0 Å². The highest BCUT2D eigenvalue weighted by atomic mass is 19.4. The summed E-state index contributed by atoms with van der Waals surface area (Å²) in [6.07, 6.45) is -3.29. The summed E-state index contributed by atoms with van der Waals surface area (Å²) in [5, 5.41) is 4.80. The van der Waals surface area contributed by atoms with E-state index in [1.807, 2.05) is 0 Å². The molecule has 0 aliphatic heterocycles. The Kier molecular flexibility index (Phi) is 5.16. The van der Waals surface area contributed by atoms with Crippen molar-refractivity contribution >= 4 is 28.3 Å². The van der Waals surface area contributed by atoms with Crippen LogP contribution in [0, 0.1) is 17.5 Å². The van der Waals surface area contributed by atoms with Gasteiger partial charge in [0.2, 0.25) is 0 Å². The van der Waals surface area contributed by atoms with Gasteiger partial charge in [0.15, 0.2) is 23.3 Å². The van der Waals surface area contributed by atoms with Gasteiger partial charge in [0.05, 0.1) is 23.2 Å². The summed E-state index contributed by atoms with van der Waals surface area (Å²) < 4.78 is 76.9. The number of rotatable bonds is 5. The molecule has 2 aromatic heterocycles. The number of benzene rings is 1. The molecule has 3 aromatic rings. The van der Waals surface area contributed by atoms with Gasteiger partial charge in [-0.1, -0.05) is 0 Å². The predicted molar refractivity (Wildman–Crippen MR) is 89.5 cm³/mol. The molecule has 0 spiro atoms. The second kappa shape index (κ2) is 7.41. The van der Waals surface area contributed by atoms with Gasteiger partial charge in [0.25, 0.3) is 5.91 Å². The molecule has 0 atom stereocenters. The van der Waals surface area contributed by atoms with Gasteiger partial charge in [-0.05, 0) is 12.1 Å². The number of nitrogens with one attached hydrogen (secondary N) is 3. The number of amides is 1. The number of hydrogen-bond donors (Lipinski definition) is 3. The first-order valence-electron chi connectivity index (χ1n) is 7.88. The normalized spacial score (nSPS) is 11.6. The van der Waals surface area contributed by atoms with Gasteiger partial charge in [-0.25, -0.2) is 18.2 Å². The first-order chi connectivity index (χ1) is 13.1. The third kappa shape index (κ3) is 4.35. The third-order valence-corrected chi connectivity index (χ3v) is 3.78. The van der Waals surface area contributed by atoms with Gasteiger partial charge in [-0.3, -0.25) is 4.79 Å². The van der Waals surface area contributed by atoms with Crippen LogP contribution in [-0.2, 0) is 0 Å². The van der Waals surface area contributed by atoms with Crippen LogP contribution in [0.3, 0.4) is 0 Å². The van der Waals surface area contributed by atoms with E-state index in [-0.39, 0.29) is 22.2 Å². The minimum atomic E-state index is -4.40. The topological polar surface area (TPSA) is 69.8 Å². The van der Waals surface area contributed by atoms with Gasteiger partial charge in [0, 0.05) is 30.4 Å². The zero-order valence-electron chi connectivity index (χ0n) is 13.9. The minimum absolute atomic E-state index is 0.131. The first kappa shape index (κ1) is 19.5. The van der Waals surface area contributed by atoms with Crippen LogP contribution in [0.15, 0.2) is 30.6 Å². The van der Waals surface area contributed by atoms with E-state index in [2.05, 4.69) is 20.6 Å². The van der Waals surface area contributed by atoms with Gasteiger partial charge in [-0.2, -0.15) is 13.2 Å². The van der Waals surface area contributed by atoms with Crippen molar-refractivity contribution in [1.82, 2.24) is 9.97 Å². The second-order valence-corrected chi connectivity index (χ2v) is 5.81. The molecule has 0 fully saturated rings. The summed E-state index contributed by atoms with van der Waals surface area (Å²) in [6, 6.07) is 2.61. The quantitative estimate of drug-likeness (QED) is 0.547. The number of nitrogens with zero attached hydrogens (tertiary/aromatic N) is 1. The Balaban J connectivity index is 1.73. The first-order valence-corrected chi connectivity index (χ1v) is 7.88. The molecule has 3 rings (SSSR count).